The number of piperazine rings is 1. The van der Waals surface area contributed by atoms with Gasteiger partial charge in [-0.05, 0) is 95.6 Å². The summed E-state index contributed by atoms with van der Waals surface area (Å²) in [5.41, 5.74) is 8.83. The molecule has 3 aromatic rings. The summed E-state index contributed by atoms with van der Waals surface area (Å²) in [5, 5.41) is 22.6. The number of carboxylic acid groups (broad SMARTS) is 1. The van der Waals surface area contributed by atoms with E-state index in [9.17, 15) is 19.8 Å². The predicted octanol–water partition coefficient (Wildman–Crippen LogP) is 5.55. The molecule has 3 N–H and O–H groups in total. The predicted molar refractivity (Wildman–Crippen MR) is 178 cm³/mol. The van der Waals surface area contributed by atoms with Gasteiger partial charge in [-0.25, -0.2) is 4.79 Å². The molecule has 0 bridgehead atoms. The average molecular weight is 615 g/mol. The molecule has 0 atom stereocenters. The van der Waals surface area contributed by atoms with E-state index in [-0.39, 0.29) is 18.1 Å². The van der Waals surface area contributed by atoms with Crippen molar-refractivity contribution in [1.82, 2.24) is 4.90 Å². The zero-order valence-electron chi connectivity index (χ0n) is 25.1. The third kappa shape index (κ3) is 7.16. The van der Waals surface area contributed by atoms with Crippen molar-refractivity contribution in [2.24, 2.45) is 0 Å². The molecule has 0 aromatic heterocycles. The lowest BCUT2D eigenvalue weighted by Crippen LogP contribution is -2.47. The number of aromatic carboxylic acids is 1. The molecule has 230 valence electrons. The third-order valence-electron chi connectivity index (χ3n) is 8.44. The smallest absolute Gasteiger partial charge is 0.337 e. The van der Waals surface area contributed by atoms with E-state index in [1.165, 1.54) is 28.3 Å². The zero-order chi connectivity index (χ0) is 31.2. The van der Waals surface area contributed by atoms with Crippen LogP contribution < -0.4 is 15.1 Å². The Labute approximate surface area is 263 Å². The molecule has 1 amide bonds. The fourth-order valence-electron chi connectivity index (χ4n) is 6.13. The van der Waals surface area contributed by atoms with Gasteiger partial charge in [-0.1, -0.05) is 36.4 Å². The van der Waals surface area contributed by atoms with Crippen molar-refractivity contribution in [1.29, 1.82) is 0 Å². The number of aliphatic hydroxyl groups excluding tert-OH is 1. The summed E-state index contributed by atoms with van der Waals surface area (Å²) in [6.07, 6.45) is 3.66. The van der Waals surface area contributed by atoms with E-state index in [0.717, 1.165) is 62.5 Å². The lowest BCUT2D eigenvalue weighted by molar-refractivity contribution is -0.111. The van der Waals surface area contributed by atoms with E-state index in [4.69, 9.17) is 11.6 Å². The van der Waals surface area contributed by atoms with E-state index < -0.39 is 5.97 Å². The summed E-state index contributed by atoms with van der Waals surface area (Å²) in [5.74, 6) is -1.18. The SMILES string of the molecule is C=CC(=O)Nc1ccc2c(c1)CCC(CN1CCN(c3ccc(C(=O)O)c(N(C)CCCO)c3)CC1)=C2c1ccc(Cl)cc1. The number of carbonyl (C=O) groups is 2. The van der Waals surface area contributed by atoms with Gasteiger partial charge in [-0.2, -0.15) is 0 Å². The number of anilines is 3. The average Bonchev–Trinajstić information content (AvgIpc) is 3.04. The Balaban J connectivity index is 1.35. The minimum atomic E-state index is -0.955. The topological polar surface area (TPSA) is 96.4 Å². The van der Waals surface area contributed by atoms with Crippen LogP contribution in [0.3, 0.4) is 0 Å². The molecule has 1 aliphatic carbocycles. The number of hydrogen-bond acceptors (Lipinski definition) is 6. The number of hydrogen-bond donors (Lipinski definition) is 3. The summed E-state index contributed by atoms with van der Waals surface area (Å²) in [4.78, 5) is 30.5. The number of halogens is 1. The monoisotopic (exact) mass is 614 g/mol. The molecule has 0 saturated carbocycles. The maximum absolute atomic E-state index is 11.9. The molecule has 0 radical (unpaired) electrons. The number of rotatable bonds is 11. The van der Waals surface area contributed by atoms with E-state index >= 15 is 0 Å². The van der Waals surface area contributed by atoms with Gasteiger partial charge in [0.25, 0.3) is 0 Å². The number of aliphatic hydroxyl groups is 1. The molecule has 0 spiro atoms. The fraction of sp³-hybridized carbons (Fsp3) is 0.314. The number of carbonyl (C=O) groups excluding carboxylic acids is 1. The summed E-state index contributed by atoms with van der Waals surface area (Å²) < 4.78 is 0. The second-order valence-corrected chi connectivity index (χ2v) is 11.8. The molecule has 3 aromatic carbocycles. The fourth-order valence-corrected chi connectivity index (χ4v) is 6.25. The summed E-state index contributed by atoms with van der Waals surface area (Å²) >= 11 is 6.24. The van der Waals surface area contributed by atoms with Crippen LogP contribution in [-0.4, -0.2) is 79.9 Å². The number of carboxylic acids is 1. The molecule has 44 heavy (non-hydrogen) atoms. The Morgan fingerprint density at radius 2 is 1.77 bits per heavy atom. The minimum Gasteiger partial charge on any atom is -0.478 e. The van der Waals surface area contributed by atoms with Crippen LogP contribution in [0.15, 0.2) is 78.9 Å². The molecule has 9 heteroatoms. The molecule has 5 rings (SSSR count). The van der Waals surface area contributed by atoms with Gasteiger partial charge in [-0.3, -0.25) is 9.69 Å². The van der Waals surface area contributed by atoms with Gasteiger partial charge in [0.15, 0.2) is 0 Å². The van der Waals surface area contributed by atoms with Crippen LogP contribution >= 0.6 is 11.6 Å². The molecule has 1 aliphatic heterocycles. The molecule has 0 unspecified atom stereocenters. The van der Waals surface area contributed by atoms with Gasteiger partial charge in [0.05, 0.1) is 11.3 Å². The Hall–Kier alpha value is -4.11. The van der Waals surface area contributed by atoms with Crippen molar-refractivity contribution in [3.05, 3.63) is 106 Å². The van der Waals surface area contributed by atoms with E-state index in [2.05, 4.69) is 46.0 Å². The van der Waals surface area contributed by atoms with E-state index in [1.807, 2.05) is 42.3 Å². The first-order chi connectivity index (χ1) is 21.3. The van der Waals surface area contributed by atoms with Crippen molar-refractivity contribution in [2.45, 2.75) is 19.3 Å². The first-order valence-corrected chi connectivity index (χ1v) is 15.4. The van der Waals surface area contributed by atoms with Gasteiger partial charge in [-0.15, -0.1) is 0 Å². The Bertz CT molecular complexity index is 1560. The summed E-state index contributed by atoms with van der Waals surface area (Å²) in [7, 11) is 1.87. The number of nitrogens with one attached hydrogen (secondary N) is 1. The second kappa shape index (κ2) is 14.1. The van der Waals surface area contributed by atoms with Crippen molar-refractivity contribution < 1.29 is 19.8 Å². The minimum absolute atomic E-state index is 0.0606. The molecule has 1 saturated heterocycles. The highest BCUT2D eigenvalue weighted by atomic mass is 35.5. The van der Waals surface area contributed by atoms with Crippen LogP contribution in [0.25, 0.3) is 5.57 Å². The standard InChI is InChI=1S/C35H39ClN4O4/c1-3-33(42)37-28-11-13-30-25(21-28)5-6-26(34(30)24-7-9-27(36)10-8-24)23-39-16-18-40(19-17-39)29-12-14-31(35(43)44)32(22-29)38(2)15-4-20-41/h3,7-14,21-22,41H,1,4-6,15-20,23H2,2H3,(H,37,42)(H,43,44). The summed E-state index contributed by atoms with van der Waals surface area (Å²) in [6.45, 7) is 8.47. The molecule has 2 aliphatic rings. The second-order valence-electron chi connectivity index (χ2n) is 11.3. The number of fused-ring (bicyclic) bond motifs is 1. The van der Waals surface area contributed by atoms with Crippen molar-refractivity contribution in [2.75, 3.05) is 68.0 Å². The van der Waals surface area contributed by atoms with Crippen LogP contribution in [0, 0.1) is 0 Å². The van der Waals surface area contributed by atoms with E-state index in [0.29, 0.717) is 23.7 Å². The van der Waals surface area contributed by atoms with Crippen molar-refractivity contribution >= 4 is 46.1 Å². The zero-order valence-corrected chi connectivity index (χ0v) is 25.8. The van der Waals surface area contributed by atoms with Gasteiger partial charge in [0, 0.05) is 69.3 Å². The Morgan fingerprint density at radius 1 is 1.02 bits per heavy atom. The molecular weight excluding hydrogens is 576 g/mol. The Kier molecular flexibility index (Phi) is 10.0. The number of nitrogens with zero attached hydrogens (tertiary/aromatic N) is 3. The Morgan fingerprint density at radius 3 is 2.45 bits per heavy atom. The quantitative estimate of drug-likeness (QED) is 0.244. The molecule has 1 heterocycles. The van der Waals surface area contributed by atoms with Gasteiger partial charge in [0.2, 0.25) is 5.91 Å². The third-order valence-corrected chi connectivity index (χ3v) is 8.69. The van der Waals surface area contributed by atoms with Gasteiger partial charge in [0.1, 0.15) is 0 Å². The first kappa shape index (κ1) is 31.3. The largest absolute Gasteiger partial charge is 0.478 e. The molecule has 8 nitrogen and oxygen atoms in total. The highest BCUT2D eigenvalue weighted by Crippen LogP contribution is 2.38. The van der Waals surface area contributed by atoms with E-state index in [1.54, 1.807) is 6.07 Å². The highest BCUT2D eigenvalue weighted by molar-refractivity contribution is 6.30. The van der Waals surface area contributed by atoms with Gasteiger partial charge < -0.3 is 25.3 Å². The number of benzene rings is 3. The van der Waals surface area contributed by atoms with Gasteiger partial charge >= 0.3 is 5.97 Å². The van der Waals surface area contributed by atoms with Crippen LogP contribution in [0.4, 0.5) is 17.1 Å². The number of aryl methyl sites for hydroxylation is 1. The van der Waals surface area contributed by atoms with Crippen molar-refractivity contribution in [3.8, 4) is 0 Å². The molecule has 1 fully saturated rings. The highest BCUT2D eigenvalue weighted by Gasteiger charge is 2.25. The lowest BCUT2D eigenvalue weighted by Gasteiger charge is -2.38. The normalized spacial score (nSPS) is 15.1. The number of amides is 1. The van der Waals surface area contributed by atoms with Crippen molar-refractivity contribution in [3.63, 3.8) is 0 Å². The lowest BCUT2D eigenvalue weighted by atomic mass is 9.81. The maximum atomic E-state index is 11.9. The van der Waals surface area contributed by atoms with Crippen LogP contribution in [0.5, 0.6) is 0 Å². The van der Waals surface area contributed by atoms with Crippen LogP contribution in [0.2, 0.25) is 5.02 Å². The molecular formula is C35H39ClN4O4. The maximum Gasteiger partial charge on any atom is 0.337 e. The summed E-state index contributed by atoms with van der Waals surface area (Å²) in [6, 6.07) is 19.7. The first-order valence-electron chi connectivity index (χ1n) is 15.0. The van der Waals surface area contributed by atoms with Crippen LogP contribution in [0.1, 0.15) is 39.9 Å². The van der Waals surface area contributed by atoms with Crippen LogP contribution in [-0.2, 0) is 11.2 Å².